The molecule has 3 aromatic carbocycles. The summed E-state index contributed by atoms with van der Waals surface area (Å²) in [4.78, 5) is 0. The molecule has 5 rings (SSSR count). The predicted molar refractivity (Wildman–Crippen MR) is 137 cm³/mol. The molecule has 0 saturated carbocycles. The molecule has 2 aliphatic heterocycles. The molecule has 0 N–H and O–H groups in total. The van der Waals surface area contributed by atoms with E-state index in [1.54, 1.807) is 0 Å². The number of hydrogen-bond donors (Lipinski definition) is 0. The monoisotopic (exact) mass is 474 g/mol. The predicted octanol–water partition coefficient (Wildman–Crippen LogP) is 4.52. The summed E-state index contributed by atoms with van der Waals surface area (Å²) in [5, 5.41) is 2.46. The number of rotatable bonds is 7. The van der Waals surface area contributed by atoms with Crippen LogP contribution in [0.1, 0.15) is 26.3 Å². The molecule has 2 aliphatic rings. The van der Waals surface area contributed by atoms with Crippen molar-refractivity contribution in [2.75, 3.05) is 13.2 Å². The topological polar surface area (TPSA) is 36.9 Å². The molecule has 34 heavy (non-hydrogen) atoms. The van der Waals surface area contributed by atoms with Crippen molar-refractivity contribution >= 4 is 18.7 Å². The molecule has 0 unspecified atom stereocenters. The van der Waals surface area contributed by atoms with Crippen LogP contribution in [-0.4, -0.2) is 40.0 Å². The molecular formula is C29H34O4Si. The largest absolute Gasteiger partial charge is 0.402 e. The summed E-state index contributed by atoms with van der Waals surface area (Å²) in [6.07, 6.45) is -0.431. The average molecular weight is 475 g/mol. The lowest BCUT2D eigenvalue weighted by molar-refractivity contribution is -0.0914. The average Bonchev–Trinajstić information content (AvgIpc) is 3.45. The maximum atomic E-state index is 7.39. The van der Waals surface area contributed by atoms with Gasteiger partial charge in [-0.1, -0.05) is 112 Å². The molecule has 2 heterocycles. The van der Waals surface area contributed by atoms with E-state index in [9.17, 15) is 0 Å². The van der Waals surface area contributed by atoms with Gasteiger partial charge in [-0.25, -0.2) is 0 Å². The van der Waals surface area contributed by atoms with Crippen LogP contribution in [0.15, 0.2) is 91.0 Å². The zero-order chi connectivity index (χ0) is 23.6. The summed E-state index contributed by atoms with van der Waals surface area (Å²) in [5.41, 5.74) is 1.16. The Bertz CT molecular complexity index is 1010. The van der Waals surface area contributed by atoms with Crippen LogP contribution in [0, 0.1) is 5.92 Å². The second-order valence-electron chi connectivity index (χ2n) is 10.3. The minimum atomic E-state index is -2.68. The normalized spacial score (nSPS) is 24.8. The van der Waals surface area contributed by atoms with Gasteiger partial charge in [-0.15, -0.1) is 0 Å². The molecule has 4 atom stereocenters. The van der Waals surface area contributed by atoms with Crippen molar-refractivity contribution < 1.29 is 18.6 Å². The molecule has 0 spiro atoms. The lowest BCUT2D eigenvalue weighted by Crippen LogP contribution is -2.68. The molecule has 2 saturated heterocycles. The third-order valence-corrected chi connectivity index (χ3v) is 12.1. The van der Waals surface area contributed by atoms with Crippen LogP contribution in [0.5, 0.6) is 0 Å². The Morgan fingerprint density at radius 3 is 1.76 bits per heavy atom. The second kappa shape index (κ2) is 9.76. The standard InChI is InChI=1S/C29H34O4Si/c1-29(2,3)34(23-15-9-5-10-16-23,24-17-11-6-12-18-24)33-26-21-32-28-27(26)25(20-31-28)30-19-22-13-7-4-8-14-22/h4-18,25-28H,19-21H2,1-3H3/t25-,26-,27-,28+/m0/s1. The first-order valence-electron chi connectivity index (χ1n) is 12.2. The van der Waals surface area contributed by atoms with E-state index in [4.69, 9.17) is 18.6 Å². The molecule has 0 aromatic heterocycles. The Morgan fingerprint density at radius 2 is 1.24 bits per heavy atom. The lowest BCUT2D eigenvalue weighted by Gasteiger charge is -2.45. The van der Waals surface area contributed by atoms with Gasteiger partial charge in [-0.2, -0.15) is 0 Å². The fourth-order valence-electron chi connectivity index (χ4n) is 5.43. The first kappa shape index (κ1) is 23.5. The maximum absolute atomic E-state index is 7.39. The summed E-state index contributed by atoms with van der Waals surface area (Å²) in [6.45, 7) is 8.53. The number of ether oxygens (including phenoxy) is 3. The van der Waals surface area contributed by atoms with Gasteiger partial charge < -0.3 is 18.6 Å². The van der Waals surface area contributed by atoms with Crippen LogP contribution < -0.4 is 10.4 Å². The Balaban J connectivity index is 1.47. The van der Waals surface area contributed by atoms with Crippen LogP contribution in [0.4, 0.5) is 0 Å². The number of fused-ring (bicyclic) bond motifs is 1. The van der Waals surface area contributed by atoms with Crippen LogP contribution in [0.2, 0.25) is 5.04 Å². The molecule has 178 valence electrons. The van der Waals surface area contributed by atoms with Gasteiger partial charge in [0.1, 0.15) is 0 Å². The van der Waals surface area contributed by atoms with E-state index in [0.29, 0.717) is 19.8 Å². The van der Waals surface area contributed by atoms with Gasteiger partial charge in [0.2, 0.25) is 0 Å². The Morgan fingerprint density at radius 1 is 0.735 bits per heavy atom. The van der Waals surface area contributed by atoms with E-state index >= 15 is 0 Å². The smallest absolute Gasteiger partial charge is 0.261 e. The zero-order valence-corrected chi connectivity index (χ0v) is 21.2. The summed E-state index contributed by atoms with van der Waals surface area (Å²) in [5.74, 6) is 0.0466. The lowest BCUT2D eigenvalue weighted by atomic mass is 10.0. The summed E-state index contributed by atoms with van der Waals surface area (Å²) in [7, 11) is -2.68. The number of benzene rings is 3. The van der Waals surface area contributed by atoms with Crippen molar-refractivity contribution in [2.45, 2.75) is 50.9 Å². The fraction of sp³-hybridized carbons (Fsp3) is 0.379. The summed E-state index contributed by atoms with van der Waals surface area (Å²) >= 11 is 0. The third kappa shape index (κ3) is 4.39. The van der Waals surface area contributed by atoms with Gasteiger partial charge in [0.05, 0.1) is 37.9 Å². The van der Waals surface area contributed by atoms with E-state index in [1.165, 1.54) is 10.4 Å². The molecule has 5 heteroatoms. The quantitative estimate of drug-likeness (QED) is 0.472. The van der Waals surface area contributed by atoms with Gasteiger partial charge in [0.15, 0.2) is 6.29 Å². The van der Waals surface area contributed by atoms with Gasteiger partial charge in [0.25, 0.3) is 8.32 Å². The SMILES string of the molecule is CC(C)(C)[Si](O[C@H]1CO[C@H]2OC[C@H](OCc3ccccc3)[C@H]21)(c1ccccc1)c1ccccc1. The highest BCUT2D eigenvalue weighted by molar-refractivity contribution is 6.99. The Hall–Kier alpha value is -2.28. The van der Waals surface area contributed by atoms with Crippen molar-refractivity contribution in [3.8, 4) is 0 Å². The van der Waals surface area contributed by atoms with E-state index < -0.39 is 8.32 Å². The highest BCUT2D eigenvalue weighted by Crippen LogP contribution is 2.42. The third-order valence-electron chi connectivity index (χ3n) is 7.07. The van der Waals surface area contributed by atoms with Gasteiger partial charge in [-0.05, 0) is 21.0 Å². The van der Waals surface area contributed by atoms with Crippen molar-refractivity contribution in [3.05, 3.63) is 96.6 Å². The maximum Gasteiger partial charge on any atom is 0.261 e. The van der Waals surface area contributed by atoms with Gasteiger partial charge in [0, 0.05) is 0 Å². The molecular weight excluding hydrogens is 440 g/mol. The van der Waals surface area contributed by atoms with Crippen LogP contribution in [0.25, 0.3) is 0 Å². The minimum absolute atomic E-state index is 0.0466. The molecule has 0 amide bonds. The highest BCUT2D eigenvalue weighted by Gasteiger charge is 2.56. The minimum Gasteiger partial charge on any atom is -0.402 e. The first-order valence-corrected chi connectivity index (χ1v) is 14.1. The van der Waals surface area contributed by atoms with E-state index in [-0.39, 0.29) is 29.5 Å². The molecule has 0 bridgehead atoms. The van der Waals surface area contributed by atoms with Crippen molar-refractivity contribution in [1.82, 2.24) is 0 Å². The van der Waals surface area contributed by atoms with Crippen LogP contribution in [-0.2, 0) is 25.2 Å². The zero-order valence-electron chi connectivity index (χ0n) is 20.2. The van der Waals surface area contributed by atoms with E-state index in [0.717, 1.165) is 5.56 Å². The van der Waals surface area contributed by atoms with Crippen molar-refractivity contribution in [2.24, 2.45) is 5.92 Å². The fourth-order valence-corrected chi connectivity index (χ4v) is 10.1. The summed E-state index contributed by atoms with van der Waals surface area (Å²) in [6, 6.07) is 31.8. The molecule has 3 aromatic rings. The Kier molecular flexibility index (Phi) is 6.73. The van der Waals surface area contributed by atoms with Crippen LogP contribution in [0.3, 0.4) is 0 Å². The molecule has 0 radical (unpaired) electrons. The number of hydrogen-bond acceptors (Lipinski definition) is 4. The molecule has 0 aliphatic carbocycles. The molecule has 4 nitrogen and oxygen atoms in total. The first-order chi connectivity index (χ1) is 16.5. The summed E-state index contributed by atoms with van der Waals surface area (Å²) < 4.78 is 25.9. The molecule has 2 fully saturated rings. The Labute approximate surface area is 204 Å². The van der Waals surface area contributed by atoms with Crippen molar-refractivity contribution in [3.63, 3.8) is 0 Å². The second-order valence-corrected chi connectivity index (χ2v) is 14.5. The highest BCUT2D eigenvalue weighted by atomic mass is 28.4. The van der Waals surface area contributed by atoms with Crippen LogP contribution >= 0.6 is 0 Å². The van der Waals surface area contributed by atoms with E-state index in [1.807, 2.05) is 18.2 Å². The van der Waals surface area contributed by atoms with Gasteiger partial charge in [-0.3, -0.25) is 0 Å². The van der Waals surface area contributed by atoms with E-state index in [2.05, 4.69) is 93.6 Å². The van der Waals surface area contributed by atoms with Gasteiger partial charge >= 0.3 is 0 Å². The van der Waals surface area contributed by atoms with Crippen molar-refractivity contribution in [1.29, 1.82) is 0 Å².